The van der Waals surface area contributed by atoms with Crippen LogP contribution >= 0.6 is 0 Å². The lowest BCUT2D eigenvalue weighted by Gasteiger charge is -2.19. The molecular formula is C16H23NO2. The van der Waals surface area contributed by atoms with Crippen molar-refractivity contribution >= 4 is 0 Å². The third-order valence-electron chi connectivity index (χ3n) is 4.38. The molecule has 3 rings (SSSR count). The Morgan fingerprint density at radius 1 is 1.16 bits per heavy atom. The van der Waals surface area contributed by atoms with E-state index in [1.165, 1.54) is 24.8 Å². The van der Waals surface area contributed by atoms with E-state index < -0.39 is 0 Å². The van der Waals surface area contributed by atoms with Gasteiger partial charge in [0.15, 0.2) is 11.5 Å². The quantitative estimate of drug-likeness (QED) is 0.904. The van der Waals surface area contributed by atoms with Crippen LogP contribution < -0.4 is 14.8 Å². The van der Waals surface area contributed by atoms with Gasteiger partial charge in [-0.1, -0.05) is 25.8 Å². The summed E-state index contributed by atoms with van der Waals surface area (Å²) < 4.78 is 11.1. The molecule has 2 atom stereocenters. The van der Waals surface area contributed by atoms with Crippen LogP contribution in [0.15, 0.2) is 18.2 Å². The number of rotatable bonds is 4. The Morgan fingerprint density at radius 3 is 2.79 bits per heavy atom. The maximum atomic E-state index is 5.61. The summed E-state index contributed by atoms with van der Waals surface area (Å²) >= 11 is 0. The summed E-state index contributed by atoms with van der Waals surface area (Å²) in [4.78, 5) is 0. The normalized spacial score (nSPS) is 25.5. The van der Waals surface area contributed by atoms with Crippen molar-refractivity contribution in [2.75, 3.05) is 19.8 Å². The first-order chi connectivity index (χ1) is 9.33. The van der Waals surface area contributed by atoms with Crippen LogP contribution in [-0.4, -0.2) is 19.8 Å². The van der Waals surface area contributed by atoms with Gasteiger partial charge in [-0.05, 0) is 42.5 Å². The van der Waals surface area contributed by atoms with Gasteiger partial charge in [0, 0.05) is 6.54 Å². The van der Waals surface area contributed by atoms with E-state index in [0.717, 1.165) is 36.4 Å². The second-order valence-corrected chi connectivity index (χ2v) is 5.78. The van der Waals surface area contributed by atoms with Crippen LogP contribution in [0.2, 0.25) is 0 Å². The molecule has 0 aromatic heterocycles. The number of hydrogen-bond acceptors (Lipinski definition) is 3. The summed E-state index contributed by atoms with van der Waals surface area (Å²) in [6.07, 6.45) is 4.18. The molecule has 3 heteroatoms. The molecule has 1 fully saturated rings. The Morgan fingerprint density at radius 2 is 2.00 bits per heavy atom. The molecule has 1 aromatic carbocycles. The molecule has 1 aliphatic heterocycles. The Labute approximate surface area is 115 Å². The van der Waals surface area contributed by atoms with Crippen LogP contribution in [0.25, 0.3) is 0 Å². The fraction of sp³-hybridized carbons (Fsp3) is 0.625. The minimum absolute atomic E-state index is 0.656. The maximum Gasteiger partial charge on any atom is 0.161 e. The van der Waals surface area contributed by atoms with Crippen molar-refractivity contribution in [1.29, 1.82) is 0 Å². The predicted octanol–water partition coefficient (Wildman–Crippen LogP) is 2.98. The summed E-state index contributed by atoms with van der Waals surface area (Å²) in [5.41, 5.74) is 1.27. The number of fused-ring (bicyclic) bond motifs is 1. The smallest absolute Gasteiger partial charge is 0.161 e. The van der Waals surface area contributed by atoms with Gasteiger partial charge in [0.25, 0.3) is 0 Å². The number of ether oxygens (including phenoxy) is 2. The van der Waals surface area contributed by atoms with E-state index in [0.29, 0.717) is 13.2 Å². The van der Waals surface area contributed by atoms with Crippen molar-refractivity contribution in [3.05, 3.63) is 23.8 Å². The van der Waals surface area contributed by atoms with Gasteiger partial charge < -0.3 is 14.8 Å². The van der Waals surface area contributed by atoms with E-state index in [1.54, 1.807) is 0 Å². The third-order valence-corrected chi connectivity index (χ3v) is 4.38. The van der Waals surface area contributed by atoms with E-state index in [1.807, 2.05) is 6.07 Å². The molecule has 0 saturated heterocycles. The Bertz CT molecular complexity index is 433. The standard InChI is InChI=1S/C16H23NO2/c1-12-3-2-4-14(12)11-17-10-13-5-6-15-16(9-13)19-8-7-18-15/h5-6,9,12,14,17H,2-4,7-8,10-11H2,1H3. The fourth-order valence-electron chi connectivity index (χ4n) is 3.13. The summed E-state index contributed by atoms with van der Waals surface area (Å²) in [6, 6.07) is 6.24. The highest BCUT2D eigenvalue weighted by Crippen LogP contribution is 2.32. The second kappa shape index (κ2) is 5.83. The largest absolute Gasteiger partial charge is 0.486 e. The van der Waals surface area contributed by atoms with Gasteiger partial charge in [0.05, 0.1) is 0 Å². The number of nitrogens with one attached hydrogen (secondary N) is 1. The van der Waals surface area contributed by atoms with E-state index in [-0.39, 0.29) is 0 Å². The minimum Gasteiger partial charge on any atom is -0.486 e. The van der Waals surface area contributed by atoms with E-state index in [2.05, 4.69) is 24.4 Å². The molecular weight excluding hydrogens is 238 g/mol. The summed E-state index contributed by atoms with van der Waals surface area (Å²) in [5.74, 6) is 3.50. The summed E-state index contributed by atoms with van der Waals surface area (Å²) in [5, 5.41) is 3.58. The molecule has 1 aromatic rings. The van der Waals surface area contributed by atoms with Gasteiger partial charge >= 0.3 is 0 Å². The van der Waals surface area contributed by atoms with Crippen LogP contribution in [0.1, 0.15) is 31.7 Å². The molecule has 1 saturated carbocycles. The molecule has 1 heterocycles. The van der Waals surface area contributed by atoms with Gasteiger partial charge in [0.2, 0.25) is 0 Å². The molecule has 0 amide bonds. The number of hydrogen-bond donors (Lipinski definition) is 1. The molecule has 1 aliphatic carbocycles. The van der Waals surface area contributed by atoms with Crippen LogP contribution in [0, 0.1) is 11.8 Å². The third kappa shape index (κ3) is 3.03. The molecule has 0 radical (unpaired) electrons. The van der Waals surface area contributed by atoms with E-state index in [9.17, 15) is 0 Å². The maximum absolute atomic E-state index is 5.61. The Hall–Kier alpha value is -1.22. The van der Waals surface area contributed by atoms with Crippen LogP contribution in [-0.2, 0) is 6.54 Å². The van der Waals surface area contributed by atoms with Gasteiger partial charge in [-0.15, -0.1) is 0 Å². The molecule has 2 unspecified atom stereocenters. The lowest BCUT2D eigenvalue weighted by atomic mass is 9.98. The van der Waals surface area contributed by atoms with Gasteiger partial charge in [-0.2, -0.15) is 0 Å². The monoisotopic (exact) mass is 261 g/mol. The molecule has 1 N–H and O–H groups in total. The molecule has 2 aliphatic rings. The zero-order chi connectivity index (χ0) is 13.1. The van der Waals surface area contributed by atoms with E-state index in [4.69, 9.17) is 9.47 Å². The van der Waals surface area contributed by atoms with Gasteiger partial charge in [-0.25, -0.2) is 0 Å². The van der Waals surface area contributed by atoms with E-state index >= 15 is 0 Å². The topological polar surface area (TPSA) is 30.5 Å². The Balaban J connectivity index is 1.52. The molecule has 3 nitrogen and oxygen atoms in total. The van der Waals surface area contributed by atoms with Crippen molar-refractivity contribution in [2.45, 2.75) is 32.7 Å². The summed E-state index contributed by atoms with van der Waals surface area (Å²) in [6.45, 7) is 5.74. The zero-order valence-electron chi connectivity index (χ0n) is 11.7. The van der Waals surface area contributed by atoms with Crippen molar-refractivity contribution in [3.63, 3.8) is 0 Å². The van der Waals surface area contributed by atoms with Crippen LogP contribution in [0.4, 0.5) is 0 Å². The van der Waals surface area contributed by atoms with Crippen LogP contribution in [0.3, 0.4) is 0 Å². The zero-order valence-corrected chi connectivity index (χ0v) is 11.7. The van der Waals surface area contributed by atoms with Crippen LogP contribution in [0.5, 0.6) is 11.5 Å². The predicted molar refractivity (Wildman–Crippen MR) is 75.6 cm³/mol. The van der Waals surface area contributed by atoms with Crippen molar-refractivity contribution in [2.24, 2.45) is 11.8 Å². The minimum atomic E-state index is 0.656. The highest BCUT2D eigenvalue weighted by molar-refractivity contribution is 5.43. The SMILES string of the molecule is CC1CCCC1CNCc1ccc2c(c1)OCCO2. The average molecular weight is 261 g/mol. The van der Waals surface area contributed by atoms with Crippen molar-refractivity contribution < 1.29 is 9.47 Å². The molecule has 0 bridgehead atoms. The first-order valence-corrected chi connectivity index (χ1v) is 7.42. The van der Waals surface area contributed by atoms with Gasteiger partial charge in [-0.3, -0.25) is 0 Å². The lowest BCUT2D eigenvalue weighted by molar-refractivity contribution is 0.171. The molecule has 19 heavy (non-hydrogen) atoms. The average Bonchev–Trinajstić information content (AvgIpc) is 2.84. The van der Waals surface area contributed by atoms with Crippen molar-refractivity contribution in [3.8, 4) is 11.5 Å². The van der Waals surface area contributed by atoms with Gasteiger partial charge in [0.1, 0.15) is 13.2 Å². The summed E-state index contributed by atoms with van der Waals surface area (Å²) in [7, 11) is 0. The lowest BCUT2D eigenvalue weighted by Crippen LogP contribution is -2.24. The molecule has 0 spiro atoms. The highest BCUT2D eigenvalue weighted by atomic mass is 16.6. The first-order valence-electron chi connectivity index (χ1n) is 7.42. The number of benzene rings is 1. The first kappa shape index (κ1) is 12.8. The molecule has 104 valence electrons. The van der Waals surface area contributed by atoms with Crippen molar-refractivity contribution in [1.82, 2.24) is 5.32 Å². The highest BCUT2D eigenvalue weighted by Gasteiger charge is 2.22. The second-order valence-electron chi connectivity index (χ2n) is 5.78. The fourth-order valence-corrected chi connectivity index (χ4v) is 3.13. The Kier molecular flexibility index (Phi) is 3.92.